The van der Waals surface area contributed by atoms with Crippen LogP contribution in [0.4, 0.5) is 10.1 Å². The fraction of sp³-hybridized carbons (Fsp3) is 0.143. The summed E-state index contributed by atoms with van der Waals surface area (Å²) in [7, 11) is 2.85. The van der Waals surface area contributed by atoms with Crippen LogP contribution < -0.4 is 20.9 Å². The fourth-order valence-electron chi connectivity index (χ4n) is 2.84. The van der Waals surface area contributed by atoms with Crippen molar-refractivity contribution < 1.29 is 18.7 Å². The molecule has 1 aromatic heterocycles. The van der Waals surface area contributed by atoms with Crippen LogP contribution in [0.1, 0.15) is 10.4 Å². The van der Waals surface area contributed by atoms with Crippen molar-refractivity contribution in [3.8, 4) is 17.1 Å². The molecule has 0 radical (unpaired) electrons. The molecule has 3 rings (SSSR count). The number of carbonyl (C=O) groups excluding carboxylic acids is 2. The number of para-hydroxylation sites is 2. The number of anilines is 1. The van der Waals surface area contributed by atoms with E-state index in [9.17, 15) is 18.8 Å². The summed E-state index contributed by atoms with van der Waals surface area (Å²) in [5.74, 6) is -1.03. The number of halogens is 1. The summed E-state index contributed by atoms with van der Waals surface area (Å²) >= 11 is 0. The van der Waals surface area contributed by atoms with Crippen molar-refractivity contribution in [1.82, 2.24) is 14.9 Å². The number of hydrogen-bond donors (Lipinski definition) is 2. The molecule has 2 aromatic carbocycles. The smallest absolute Gasteiger partial charge is 0.267 e. The minimum atomic E-state index is -0.696. The number of amides is 2. The van der Waals surface area contributed by atoms with Crippen molar-refractivity contribution in [3.05, 3.63) is 76.5 Å². The van der Waals surface area contributed by atoms with E-state index in [1.807, 2.05) is 0 Å². The third-order valence-corrected chi connectivity index (χ3v) is 4.30. The summed E-state index contributed by atoms with van der Waals surface area (Å²) in [4.78, 5) is 41.8. The van der Waals surface area contributed by atoms with Crippen molar-refractivity contribution in [3.63, 3.8) is 0 Å². The van der Waals surface area contributed by atoms with Crippen molar-refractivity contribution >= 4 is 17.5 Å². The molecule has 0 saturated heterocycles. The summed E-state index contributed by atoms with van der Waals surface area (Å²) in [5, 5.41) is 5.04. The molecule has 0 aliphatic carbocycles. The van der Waals surface area contributed by atoms with Gasteiger partial charge in [0.05, 0.1) is 12.8 Å². The Morgan fingerprint density at radius 3 is 2.50 bits per heavy atom. The zero-order valence-electron chi connectivity index (χ0n) is 16.3. The van der Waals surface area contributed by atoms with Gasteiger partial charge in [-0.25, -0.2) is 9.37 Å². The van der Waals surface area contributed by atoms with Gasteiger partial charge in [-0.05, 0) is 36.4 Å². The van der Waals surface area contributed by atoms with Crippen LogP contribution in [0.15, 0.2) is 59.5 Å². The molecular formula is C21H19FN4O4. The molecule has 1 heterocycles. The lowest BCUT2D eigenvalue weighted by molar-refractivity contribution is -0.116. The SMILES string of the molecule is CNC(=O)c1cnc(-c2ccc(F)cc2)n(CC(=O)Nc2ccccc2OC)c1=O. The predicted molar refractivity (Wildman–Crippen MR) is 109 cm³/mol. The average molecular weight is 410 g/mol. The average Bonchev–Trinajstić information content (AvgIpc) is 2.75. The number of rotatable bonds is 6. The third-order valence-electron chi connectivity index (χ3n) is 4.30. The van der Waals surface area contributed by atoms with Gasteiger partial charge in [-0.1, -0.05) is 12.1 Å². The van der Waals surface area contributed by atoms with E-state index in [1.165, 1.54) is 38.4 Å². The van der Waals surface area contributed by atoms with Gasteiger partial charge in [0.25, 0.3) is 11.5 Å². The second-order valence-electron chi connectivity index (χ2n) is 6.22. The van der Waals surface area contributed by atoms with Gasteiger partial charge in [-0.15, -0.1) is 0 Å². The highest BCUT2D eigenvalue weighted by Gasteiger charge is 2.19. The number of carbonyl (C=O) groups is 2. The number of methoxy groups -OCH3 is 1. The summed E-state index contributed by atoms with van der Waals surface area (Å²) in [6, 6.07) is 12.1. The van der Waals surface area contributed by atoms with Crippen LogP contribution in [0.25, 0.3) is 11.4 Å². The third kappa shape index (κ3) is 4.35. The Morgan fingerprint density at radius 1 is 1.13 bits per heavy atom. The number of ether oxygens (including phenoxy) is 1. The maximum Gasteiger partial charge on any atom is 0.267 e. The van der Waals surface area contributed by atoms with Gasteiger partial charge in [-0.2, -0.15) is 0 Å². The number of benzene rings is 2. The number of hydrogen-bond acceptors (Lipinski definition) is 5. The Bertz CT molecular complexity index is 1140. The van der Waals surface area contributed by atoms with Crippen molar-refractivity contribution in [2.45, 2.75) is 6.54 Å². The van der Waals surface area contributed by atoms with Crippen LogP contribution in [-0.2, 0) is 11.3 Å². The molecule has 3 aromatic rings. The van der Waals surface area contributed by atoms with Gasteiger partial charge in [0, 0.05) is 18.8 Å². The minimum absolute atomic E-state index is 0.128. The van der Waals surface area contributed by atoms with Crippen molar-refractivity contribution in [2.75, 3.05) is 19.5 Å². The first-order chi connectivity index (χ1) is 14.4. The van der Waals surface area contributed by atoms with E-state index in [0.29, 0.717) is 17.0 Å². The first-order valence-corrected chi connectivity index (χ1v) is 8.95. The molecule has 9 heteroatoms. The molecule has 30 heavy (non-hydrogen) atoms. The topological polar surface area (TPSA) is 102 Å². The standard InChI is InChI=1S/C21H19FN4O4/c1-23-20(28)15-11-24-19(13-7-9-14(22)10-8-13)26(21(15)29)12-18(27)25-16-5-3-4-6-17(16)30-2/h3-11H,12H2,1-2H3,(H,23,28)(H,25,27). The molecule has 0 aliphatic rings. The van der Waals surface area contributed by atoms with Crippen molar-refractivity contribution in [2.24, 2.45) is 0 Å². The molecule has 0 aliphatic heterocycles. The van der Waals surface area contributed by atoms with E-state index in [2.05, 4.69) is 15.6 Å². The van der Waals surface area contributed by atoms with Gasteiger partial charge in [0.15, 0.2) is 0 Å². The molecule has 0 saturated carbocycles. The van der Waals surface area contributed by atoms with Crippen LogP contribution in [0.5, 0.6) is 5.75 Å². The molecule has 0 atom stereocenters. The molecular weight excluding hydrogens is 391 g/mol. The highest BCUT2D eigenvalue weighted by molar-refractivity contribution is 5.94. The molecule has 0 spiro atoms. The van der Waals surface area contributed by atoms with Crippen LogP contribution in [0, 0.1) is 5.82 Å². The lowest BCUT2D eigenvalue weighted by Crippen LogP contribution is -2.35. The Hall–Kier alpha value is -4.01. The summed E-state index contributed by atoms with van der Waals surface area (Å²) in [6.45, 7) is -0.415. The molecule has 8 nitrogen and oxygen atoms in total. The van der Waals surface area contributed by atoms with Crippen LogP contribution in [-0.4, -0.2) is 35.5 Å². The number of nitrogens with one attached hydrogen (secondary N) is 2. The number of aromatic nitrogens is 2. The zero-order chi connectivity index (χ0) is 21.7. The predicted octanol–water partition coefficient (Wildman–Crippen LogP) is 2.06. The van der Waals surface area contributed by atoms with E-state index in [1.54, 1.807) is 24.3 Å². The monoisotopic (exact) mass is 410 g/mol. The van der Waals surface area contributed by atoms with Gasteiger partial charge < -0.3 is 15.4 Å². The lowest BCUT2D eigenvalue weighted by atomic mass is 10.2. The zero-order valence-corrected chi connectivity index (χ0v) is 16.3. The Balaban J connectivity index is 2.02. The highest BCUT2D eigenvalue weighted by atomic mass is 19.1. The van der Waals surface area contributed by atoms with E-state index < -0.39 is 29.7 Å². The second-order valence-corrected chi connectivity index (χ2v) is 6.22. The molecule has 0 bridgehead atoms. The van der Waals surface area contributed by atoms with E-state index in [0.717, 1.165) is 10.8 Å². The van der Waals surface area contributed by atoms with E-state index >= 15 is 0 Å². The maximum atomic E-state index is 13.3. The Kier molecular flexibility index (Phi) is 6.21. The Morgan fingerprint density at radius 2 is 1.83 bits per heavy atom. The van der Waals surface area contributed by atoms with Gasteiger partial charge in [0.2, 0.25) is 5.91 Å². The molecule has 2 N–H and O–H groups in total. The van der Waals surface area contributed by atoms with Crippen LogP contribution in [0.3, 0.4) is 0 Å². The molecule has 154 valence electrons. The lowest BCUT2D eigenvalue weighted by Gasteiger charge is -2.14. The summed E-state index contributed by atoms with van der Waals surface area (Å²) in [5.41, 5.74) is -0.0638. The quantitative estimate of drug-likeness (QED) is 0.648. The van der Waals surface area contributed by atoms with E-state index in [4.69, 9.17) is 4.74 Å². The first kappa shape index (κ1) is 20.7. The Labute approximate surface area is 171 Å². The molecule has 0 fully saturated rings. The van der Waals surface area contributed by atoms with Gasteiger partial charge in [-0.3, -0.25) is 19.0 Å². The fourth-order valence-corrected chi connectivity index (χ4v) is 2.84. The number of nitrogens with zero attached hydrogens (tertiary/aromatic N) is 2. The van der Waals surface area contributed by atoms with Gasteiger partial charge >= 0.3 is 0 Å². The van der Waals surface area contributed by atoms with Crippen LogP contribution >= 0.6 is 0 Å². The molecule has 2 amide bonds. The first-order valence-electron chi connectivity index (χ1n) is 8.95. The normalized spacial score (nSPS) is 10.4. The van der Waals surface area contributed by atoms with Crippen molar-refractivity contribution in [1.29, 1.82) is 0 Å². The van der Waals surface area contributed by atoms with Crippen LogP contribution in [0.2, 0.25) is 0 Å². The van der Waals surface area contributed by atoms with Gasteiger partial charge in [0.1, 0.15) is 29.5 Å². The maximum absolute atomic E-state index is 13.3. The summed E-state index contributed by atoms with van der Waals surface area (Å²) in [6.07, 6.45) is 1.13. The molecule has 0 unspecified atom stereocenters. The summed E-state index contributed by atoms with van der Waals surface area (Å²) < 4.78 is 19.6. The van der Waals surface area contributed by atoms with E-state index in [-0.39, 0.29) is 11.4 Å². The largest absolute Gasteiger partial charge is 0.495 e. The second kappa shape index (κ2) is 8.99. The minimum Gasteiger partial charge on any atom is -0.495 e. The highest BCUT2D eigenvalue weighted by Crippen LogP contribution is 2.23.